The summed E-state index contributed by atoms with van der Waals surface area (Å²) >= 11 is 0. The maximum absolute atomic E-state index is 12.5. The first-order chi connectivity index (χ1) is 12.5. The van der Waals surface area contributed by atoms with Crippen molar-refractivity contribution in [3.63, 3.8) is 0 Å². The van der Waals surface area contributed by atoms with E-state index in [9.17, 15) is 4.79 Å². The summed E-state index contributed by atoms with van der Waals surface area (Å²) in [5.74, 6) is 0.462. The average Bonchev–Trinajstić information content (AvgIpc) is 2.99. The van der Waals surface area contributed by atoms with Crippen molar-refractivity contribution in [1.82, 2.24) is 24.6 Å². The number of fused-ring (bicyclic) bond motifs is 2. The fourth-order valence-corrected chi connectivity index (χ4v) is 3.00. The van der Waals surface area contributed by atoms with Crippen LogP contribution in [0.15, 0.2) is 36.5 Å². The zero-order valence-corrected chi connectivity index (χ0v) is 14.4. The van der Waals surface area contributed by atoms with Crippen LogP contribution < -0.4 is 11.1 Å². The first-order valence-corrected chi connectivity index (χ1v) is 8.14. The lowest BCUT2D eigenvalue weighted by Crippen LogP contribution is -2.17. The summed E-state index contributed by atoms with van der Waals surface area (Å²) in [4.78, 5) is 25.3. The predicted octanol–water partition coefficient (Wildman–Crippen LogP) is 2.05. The largest absolute Gasteiger partial charge is 0.366 e. The Labute approximate surface area is 149 Å². The van der Waals surface area contributed by atoms with Gasteiger partial charge in [0.1, 0.15) is 0 Å². The molecule has 8 nitrogen and oxygen atoms in total. The van der Waals surface area contributed by atoms with Gasteiger partial charge in [-0.2, -0.15) is 9.50 Å². The highest BCUT2D eigenvalue weighted by molar-refractivity contribution is 5.95. The molecule has 130 valence electrons. The summed E-state index contributed by atoms with van der Waals surface area (Å²) in [5, 5.41) is 8.02. The third-order valence-corrected chi connectivity index (χ3v) is 4.29. The van der Waals surface area contributed by atoms with Gasteiger partial charge in [-0.1, -0.05) is 6.07 Å². The van der Waals surface area contributed by atoms with Gasteiger partial charge in [-0.15, -0.1) is 5.10 Å². The third kappa shape index (κ3) is 2.81. The average molecular weight is 347 g/mol. The second-order valence-electron chi connectivity index (χ2n) is 6.08. The minimum atomic E-state index is -0.131. The second-order valence-corrected chi connectivity index (χ2v) is 6.08. The highest BCUT2D eigenvalue weighted by atomic mass is 16.1. The predicted molar refractivity (Wildman–Crippen MR) is 98.7 cm³/mol. The first-order valence-electron chi connectivity index (χ1n) is 8.14. The summed E-state index contributed by atoms with van der Waals surface area (Å²) in [6.07, 6.45) is 1.93. The maximum Gasteiger partial charge on any atom is 0.254 e. The van der Waals surface area contributed by atoms with Crippen LogP contribution in [0.3, 0.4) is 0 Å². The number of carbonyl (C=O) groups excluding carboxylic acids is 1. The van der Waals surface area contributed by atoms with Crippen molar-refractivity contribution in [2.24, 2.45) is 0 Å². The topological polar surface area (TPSA) is 111 Å². The van der Waals surface area contributed by atoms with Crippen LogP contribution >= 0.6 is 0 Å². The standard InChI is InChI=1S/C18H17N7O/c1-10-14(11(2)25-18(21-10)23-17(19)24-25)9-16(26)22-13-5-6-15-12(8-13)4-3-7-20-15/h3-8H,9H2,1-2H3,(H2,19,24)(H,22,26). The SMILES string of the molecule is Cc1nc2nc(N)nn2c(C)c1CC(=O)Nc1ccc2ncccc2c1. The van der Waals surface area contributed by atoms with Gasteiger partial charge in [0.05, 0.1) is 11.9 Å². The van der Waals surface area contributed by atoms with Crippen LogP contribution in [-0.4, -0.2) is 30.5 Å². The molecule has 0 saturated carbocycles. The van der Waals surface area contributed by atoms with Crippen molar-refractivity contribution < 1.29 is 4.79 Å². The smallest absolute Gasteiger partial charge is 0.254 e. The molecule has 1 amide bonds. The van der Waals surface area contributed by atoms with E-state index in [4.69, 9.17) is 5.73 Å². The molecule has 0 saturated heterocycles. The molecule has 26 heavy (non-hydrogen) atoms. The molecule has 3 N–H and O–H groups in total. The van der Waals surface area contributed by atoms with Gasteiger partial charge in [0, 0.05) is 34.2 Å². The van der Waals surface area contributed by atoms with Crippen molar-refractivity contribution in [2.75, 3.05) is 11.1 Å². The third-order valence-electron chi connectivity index (χ3n) is 4.29. The van der Waals surface area contributed by atoms with E-state index >= 15 is 0 Å². The molecular weight excluding hydrogens is 330 g/mol. The van der Waals surface area contributed by atoms with Crippen molar-refractivity contribution in [2.45, 2.75) is 20.3 Å². The Bertz CT molecular complexity index is 1150. The van der Waals surface area contributed by atoms with E-state index in [1.807, 2.05) is 44.2 Å². The minimum Gasteiger partial charge on any atom is -0.366 e. The summed E-state index contributed by atoms with van der Waals surface area (Å²) < 4.78 is 1.56. The van der Waals surface area contributed by atoms with Crippen LogP contribution in [0.2, 0.25) is 0 Å². The number of benzene rings is 1. The van der Waals surface area contributed by atoms with E-state index in [-0.39, 0.29) is 18.3 Å². The molecule has 0 aliphatic heterocycles. The zero-order chi connectivity index (χ0) is 18.3. The van der Waals surface area contributed by atoms with Crippen LogP contribution in [0.25, 0.3) is 16.7 Å². The van der Waals surface area contributed by atoms with E-state index in [0.29, 0.717) is 5.78 Å². The highest BCUT2D eigenvalue weighted by Crippen LogP contribution is 2.19. The number of anilines is 2. The monoisotopic (exact) mass is 347 g/mol. The Morgan fingerprint density at radius 2 is 2.08 bits per heavy atom. The molecule has 3 heterocycles. The van der Waals surface area contributed by atoms with E-state index < -0.39 is 0 Å². The van der Waals surface area contributed by atoms with E-state index in [1.165, 1.54) is 0 Å². The molecular formula is C18H17N7O. The van der Waals surface area contributed by atoms with Gasteiger partial charge in [-0.3, -0.25) is 9.78 Å². The van der Waals surface area contributed by atoms with Crippen LogP contribution in [0.4, 0.5) is 11.6 Å². The number of nitrogen functional groups attached to an aromatic ring is 1. The Balaban J connectivity index is 1.60. The van der Waals surface area contributed by atoms with Crippen molar-refractivity contribution in [3.05, 3.63) is 53.5 Å². The molecule has 3 aromatic heterocycles. The van der Waals surface area contributed by atoms with Crippen LogP contribution in [-0.2, 0) is 11.2 Å². The fourth-order valence-electron chi connectivity index (χ4n) is 3.00. The Kier molecular flexibility index (Phi) is 3.72. The van der Waals surface area contributed by atoms with Crippen LogP contribution in [0.1, 0.15) is 17.0 Å². The Morgan fingerprint density at radius 1 is 1.23 bits per heavy atom. The normalized spacial score (nSPS) is 11.2. The number of nitrogens with zero attached hydrogens (tertiary/aromatic N) is 5. The lowest BCUT2D eigenvalue weighted by atomic mass is 10.1. The van der Waals surface area contributed by atoms with Gasteiger partial charge in [0.2, 0.25) is 11.9 Å². The summed E-state index contributed by atoms with van der Waals surface area (Å²) in [6.45, 7) is 3.72. The number of hydrogen-bond donors (Lipinski definition) is 2. The summed E-state index contributed by atoms with van der Waals surface area (Å²) in [5.41, 5.74) is 9.60. The molecule has 0 aliphatic rings. The molecule has 0 aliphatic carbocycles. The minimum absolute atomic E-state index is 0.131. The van der Waals surface area contributed by atoms with Crippen LogP contribution in [0, 0.1) is 13.8 Å². The molecule has 4 rings (SSSR count). The molecule has 8 heteroatoms. The van der Waals surface area contributed by atoms with Gasteiger partial charge in [-0.05, 0) is 38.1 Å². The fraction of sp³-hybridized carbons (Fsp3) is 0.167. The number of nitrogens with two attached hydrogens (primary N) is 1. The van der Waals surface area contributed by atoms with Crippen LogP contribution in [0.5, 0.6) is 0 Å². The number of hydrogen-bond acceptors (Lipinski definition) is 6. The van der Waals surface area contributed by atoms with Gasteiger partial charge in [0.25, 0.3) is 5.78 Å². The molecule has 0 radical (unpaired) electrons. The number of pyridine rings is 1. The molecule has 1 aromatic carbocycles. The number of rotatable bonds is 3. The van der Waals surface area contributed by atoms with Crippen molar-refractivity contribution >= 4 is 34.2 Å². The molecule has 0 unspecified atom stereocenters. The van der Waals surface area contributed by atoms with E-state index in [1.54, 1.807) is 10.7 Å². The quantitative estimate of drug-likeness (QED) is 0.587. The molecule has 0 bridgehead atoms. The van der Waals surface area contributed by atoms with Crippen molar-refractivity contribution in [1.29, 1.82) is 0 Å². The number of amides is 1. The van der Waals surface area contributed by atoms with Gasteiger partial charge in [-0.25, -0.2) is 4.98 Å². The molecule has 4 aromatic rings. The summed E-state index contributed by atoms with van der Waals surface area (Å²) in [7, 11) is 0. The van der Waals surface area contributed by atoms with Gasteiger partial charge >= 0.3 is 0 Å². The number of nitrogens with one attached hydrogen (secondary N) is 1. The zero-order valence-electron chi connectivity index (χ0n) is 14.4. The number of aromatic nitrogens is 5. The highest BCUT2D eigenvalue weighted by Gasteiger charge is 2.15. The Morgan fingerprint density at radius 3 is 2.92 bits per heavy atom. The first kappa shape index (κ1) is 15.9. The second kappa shape index (κ2) is 6.07. The van der Waals surface area contributed by atoms with Crippen molar-refractivity contribution in [3.8, 4) is 0 Å². The summed E-state index contributed by atoms with van der Waals surface area (Å²) in [6, 6.07) is 9.45. The molecule has 0 fully saturated rings. The van der Waals surface area contributed by atoms with E-state index in [0.717, 1.165) is 33.5 Å². The maximum atomic E-state index is 12.5. The number of carbonyl (C=O) groups is 1. The lowest BCUT2D eigenvalue weighted by molar-refractivity contribution is -0.115. The lowest BCUT2D eigenvalue weighted by Gasteiger charge is -2.11. The molecule has 0 atom stereocenters. The Hall–Kier alpha value is -3.55. The van der Waals surface area contributed by atoms with Gasteiger partial charge < -0.3 is 11.1 Å². The van der Waals surface area contributed by atoms with Gasteiger partial charge in [0.15, 0.2) is 0 Å². The molecule has 0 spiro atoms. The number of aryl methyl sites for hydroxylation is 2. The van der Waals surface area contributed by atoms with E-state index in [2.05, 4.69) is 25.4 Å².